The topological polar surface area (TPSA) is 64.9 Å². The molecule has 3 aromatic rings. The van der Waals surface area contributed by atoms with Crippen molar-refractivity contribution in [3.8, 4) is 22.8 Å². The highest BCUT2D eigenvalue weighted by molar-refractivity contribution is 6.30. The third kappa shape index (κ3) is 2.23. The molecule has 0 radical (unpaired) electrons. The summed E-state index contributed by atoms with van der Waals surface area (Å²) in [6, 6.07) is 11.3. The van der Waals surface area contributed by atoms with Crippen LogP contribution in [0.15, 0.2) is 47.0 Å². The molecule has 6 heteroatoms. The van der Waals surface area contributed by atoms with E-state index < -0.39 is 5.82 Å². The molecule has 0 aliphatic heterocycles. The summed E-state index contributed by atoms with van der Waals surface area (Å²) >= 11 is 5.81. The van der Waals surface area contributed by atoms with E-state index in [4.69, 9.17) is 21.9 Å². The van der Waals surface area contributed by atoms with Gasteiger partial charge >= 0.3 is 0 Å². The minimum absolute atomic E-state index is 0.0468. The highest BCUT2D eigenvalue weighted by Crippen LogP contribution is 2.29. The molecule has 0 fully saturated rings. The van der Waals surface area contributed by atoms with Crippen LogP contribution in [0.4, 0.5) is 10.1 Å². The summed E-state index contributed by atoms with van der Waals surface area (Å²) < 4.78 is 18.9. The molecule has 3 rings (SSSR count). The van der Waals surface area contributed by atoms with E-state index in [0.717, 1.165) is 5.56 Å². The van der Waals surface area contributed by atoms with Crippen molar-refractivity contribution < 1.29 is 8.91 Å². The molecule has 2 N–H and O–H groups in total. The fraction of sp³-hybridized carbons (Fsp3) is 0. The summed E-state index contributed by atoms with van der Waals surface area (Å²) in [5.41, 5.74) is 6.82. The SMILES string of the molecule is Nc1cccc(F)c1-c1nc(-c2ccc(Cl)cc2)no1. The molecule has 0 bridgehead atoms. The average molecular weight is 290 g/mol. The van der Waals surface area contributed by atoms with Crippen LogP contribution in [0, 0.1) is 5.82 Å². The second-order valence-electron chi connectivity index (χ2n) is 4.13. The summed E-state index contributed by atoms with van der Waals surface area (Å²) in [7, 11) is 0. The molecule has 0 unspecified atom stereocenters. The van der Waals surface area contributed by atoms with E-state index in [1.165, 1.54) is 12.1 Å². The van der Waals surface area contributed by atoms with Gasteiger partial charge in [-0.1, -0.05) is 22.8 Å². The molecule has 0 atom stereocenters. The van der Waals surface area contributed by atoms with E-state index in [1.807, 2.05) is 0 Å². The molecule has 0 saturated heterocycles. The van der Waals surface area contributed by atoms with Crippen LogP contribution in [0.3, 0.4) is 0 Å². The Hall–Kier alpha value is -2.40. The van der Waals surface area contributed by atoms with Gasteiger partial charge in [0.05, 0.1) is 5.56 Å². The number of rotatable bonds is 2. The number of aromatic nitrogens is 2. The highest BCUT2D eigenvalue weighted by atomic mass is 35.5. The lowest BCUT2D eigenvalue weighted by molar-refractivity contribution is 0.430. The molecular formula is C14H9ClFN3O. The first-order chi connectivity index (χ1) is 9.65. The minimum atomic E-state index is -0.503. The smallest absolute Gasteiger partial charge is 0.263 e. The predicted molar refractivity (Wildman–Crippen MR) is 74.6 cm³/mol. The first kappa shape index (κ1) is 12.6. The zero-order valence-corrected chi connectivity index (χ0v) is 10.9. The van der Waals surface area contributed by atoms with Crippen LogP contribution in [0.5, 0.6) is 0 Å². The largest absolute Gasteiger partial charge is 0.398 e. The number of nitrogen functional groups attached to an aromatic ring is 1. The molecule has 0 amide bonds. The summed E-state index contributed by atoms with van der Waals surface area (Å²) in [5.74, 6) is -0.110. The third-order valence-corrected chi connectivity index (χ3v) is 3.04. The third-order valence-electron chi connectivity index (χ3n) is 2.79. The fourth-order valence-electron chi connectivity index (χ4n) is 1.81. The minimum Gasteiger partial charge on any atom is -0.398 e. The maximum atomic E-state index is 13.8. The molecule has 0 aliphatic rings. The molecule has 100 valence electrons. The van der Waals surface area contributed by atoms with Crippen LogP contribution in [0.25, 0.3) is 22.8 Å². The van der Waals surface area contributed by atoms with Crippen molar-refractivity contribution >= 4 is 17.3 Å². The van der Waals surface area contributed by atoms with E-state index in [9.17, 15) is 4.39 Å². The molecule has 4 nitrogen and oxygen atoms in total. The summed E-state index contributed by atoms with van der Waals surface area (Å²) in [6.45, 7) is 0. The Balaban J connectivity index is 2.04. The van der Waals surface area contributed by atoms with Crippen molar-refractivity contribution in [1.29, 1.82) is 0 Å². The van der Waals surface area contributed by atoms with E-state index in [1.54, 1.807) is 30.3 Å². The average Bonchev–Trinajstić information content (AvgIpc) is 2.89. The maximum Gasteiger partial charge on any atom is 0.263 e. The number of anilines is 1. The van der Waals surface area contributed by atoms with Crippen LogP contribution in [-0.2, 0) is 0 Å². The molecule has 0 spiro atoms. The summed E-state index contributed by atoms with van der Waals surface area (Å²) in [4.78, 5) is 4.16. The zero-order chi connectivity index (χ0) is 14.1. The maximum absolute atomic E-state index is 13.8. The van der Waals surface area contributed by atoms with Crippen molar-refractivity contribution in [2.75, 3.05) is 5.73 Å². The van der Waals surface area contributed by atoms with Crippen LogP contribution in [0.1, 0.15) is 0 Å². The summed E-state index contributed by atoms with van der Waals surface area (Å²) in [6.07, 6.45) is 0. The van der Waals surface area contributed by atoms with Gasteiger partial charge in [0.1, 0.15) is 5.82 Å². The van der Waals surface area contributed by atoms with Crippen LogP contribution in [0.2, 0.25) is 5.02 Å². The van der Waals surface area contributed by atoms with Gasteiger partial charge < -0.3 is 10.3 Å². The normalized spacial score (nSPS) is 10.7. The molecule has 20 heavy (non-hydrogen) atoms. The van der Waals surface area contributed by atoms with E-state index in [0.29, 0.717) is 10.8 Å². The molecule has 1 aromatic heterocycles. The lowest BCUT2D eigenvalue weighted by Gasteiger charge is -2.00. The van der Waals surface area contributed by atoms with Gasteiger partial charge in [-0.05, 0) is 36.4 Å². The number of nitrogens with zero attached hydrogens (tertiary/aromatic N) is 2. The predicted octanol–water partition coefficient (Wildman–Crippen LogP) is 3.78. The van der Waals surface area contributed by atoms with Crippen LogP contribution >= 0.6 is 11.6 Å². The molecular weight excluding hydrogens is 281 g/mol. The zero-order valence-electron chi connectivity index (χ0n) is 10.2. The number of benzene rings is 2. The molecule has 0 saturated carbocycles. The van der Waals surface area contributed by atoms with Gasteiger partial charge in [-0.3, -0.25) is 0 Å². The second-order valence-corrected chi connectivity index (χ2v) is 4.57. The van der Waals surface area contributed by atoms with Crippen LogP contribution in [-0.4, -0.2) is 10.1 Å². The number of nitrogens with two attached hydrogens (primary N) is 1. The number of hydrogen-bond donors (Lipinski definition) is 1. The Morgan fingerprint density at radius 1 is 1.10 bits per heavy atom. The number of halogens is 2. The molecule has 1 heterocycles. The molecule has 0 aliphatic carbocycles. The number of hydrogen-bond acceptors (Lipinski definition) is 4. The highest BCUT2D eigenvalue weighted by Gasteiger charge is 2.16. The van der Waals surface area contributed by atoms with Gasteiger partial charge in [0.2, 0.25) is 5.82 Å². The quantitative estimate of drug-likeness (QED) is 0.729. The first-order valence-corrected chi connectivity index (χ1v) is 6.17. The molecule has 2 aromatic carbocycles. The van der Waals surface area contributed by atoms with E-state index in [-0.39, 0.29) is 17.1 Å². The second kappa shape index (κ2) is 4.94. The van der Waals surface area contributed by atoms with E-state index in [2.05, 4.69) is 10.1 Å². The Kier molecular flexibility index (Phi) is 3.12. The fourth-order valence-corrected chi connectivity index (χ4v) is 1.93. The van der Waals surface area contributed by atoms with Gasteiger partial charge in [-0.15, -0.1) is 0 Å². The Morgan fingerprint density at radius 2 is 1.85 bits per heavy atom. The van der Waals surface area contributed by atoms with Crippen molar-refractivity contribution in [2.45, 2.75) is 0 Å². The van der Waals surface area contributed by atoms with Gasteiger partial charge in [0.25, 0.3) is 5.89 Å². The van der Waals surface area contributed by atoms with Crippen molar-refractivity contribution in [2.24, 2.45) is 0 Å². The van der Waals surface area contributed by atoms with E-state index >= 15 is 0 Å². The van der Waals surface area contributed by atoms with Gasteiger partial charge in [0.15, 0.2) is 0 Å². The standard InChI is InChI=1S/C14H9ClFN3O/c15-9-6-4-8(5-7-9)13-18-14(20-19-13)12-10(16)2-1-3-11(12)17/h1-7H,17H2. The lowest BCUT2D eigenvalue weighted by Crippen LogP contribution is -1.93. The summed E-state index contributed by atoms with van der Waals surface area (Å²) in [5, 5.41) is 4.43. The monoisotopic (exact) mass is 289 g/mol. The van der Waals surface area contributed by atoms with Crippen molar-refractivity contribution in [3.63, 3.8) is 0 Å². The lowest BCUT2D eigenvalue weighted by atomic mass is 10.1. The van der Waals surface area contributed by atoms with Crippen LogP contribution < -0.4 is 5.73 Å². The van der Waals surface area contributed by atoms with Gasteiger partial charge in [-0.25, -0.2) is 4.39 Å². The Morgan fingerprint density at radius 3 is 2.55 bits per heavy atom. The van der Waals surface area contributed by atoms with Crippen molar-refractivity contribution in [1.82, 2.24) is 10.1 Å². The van der Waals surface area contributed by atoms with Gasteiger partial charge in [-0.2, -0.15) is 4.98 Å². The Labute approximate surface area is 119 Å². The van der Waals surface area contributed by atoms with Crippen molar-refractivity contribution in [3.05, 3.63) is 53.3 Å². The first-order valence-electron chi connectivity index (χ1n) is 5.79. The van der Waals surface area contributed by atoms with Gasteiger partial charge in [0, 0.05) is 16.3 Å². The Bertz CT molecular complexity index is 735.